The molecule has 0 radical (unpaired) electrons. The van der Waals surface area contributed by atoms with Crippen LogP contribution in [0.4, 0.5) is 5.69 Å². The summed E-state index contributed by atoms with van der Waals surface area (Å²) in [5.74, 6) is 0.805. The lowest BCUT2D eigenvalue weighted by molar-refractivity contribution is 0.0718. The fraction of sp³-hybridized carbons (Fsp3) is 0.385. The predicted octanol–water partition coefficient (Wildman–Crippen LogP) is 2.61. The highest BCUT2D eigenvalue weighted by molar-refractivity contribution is 5.90. The number of aromatic nitrogens is 1. The van der Waals surface area contributed by atoms with Crippen molar-refractivity contribution in [2.45, 2.75) is 19.6 Å². The Morgan fingerprint density at radius 1 is 1.31 bits per heavy atom. The fourth-order valence-electron chi connectivity index (χ4n) is 2.00. The molecule has 1 aliphatic rings. The van der Waals surface area contributed by atoms with Crippen molar-refractivity contribution in [2.24, 2.45) is 5.92 Å². The van der Waals surface area contributed by atoms with E-state index in [1.807, 2.05) is 18.3 Å². The molecule has 1 heterocycles. The van der Waals surface area contributed by atoms with E-state index >= 15 is 0 Å². The van der Waals surface area contributed by atoms with Gasteiger partial charge in [-0.3, -0.25) is 0 Å². The van der Waals surface area contributed by atoms with Gasteiger partial charge in [-0.2, -0.15) is 0 Å². The van der Waals surface area contributed by atoms with E-state index in [1.165, 1.54) is 18.2 Å². The molecule has 84 valence electrons. The van der Waals surface area contributed by atoms with Crippen LogP contribution < -0.4 is 5.73 Å². The minimum Gasteiger partial charge on any atom is -0.397 e. The third-order valence-electron chi connectivity index (χ3n) is 3.10. The lowest BCUT2D eigenvalue weighted by Gasteiger charge is -2.08. The summed E-state index contributed by atoms with van der Waals surface area (Å²) in [7, 11) is 0. The van der Waals surface area contributed by atoms with Gasteiger partial charge in [-0.15, -0.1) is 0 Å². The van der Waals surface area contributed by atoms with Crippen LogP contribution in [0.15, 0.2) is 30.5 Å². The molecule has 1 aromatic heterocycles. The van der Waals surface area contributed by atoms with Gasteiger partial charge in [0.25, 0.3) is 0 Å². The van der Waals surface area contributed by atoms with Crippen LogP contribution in [0, 0.1) is 5.92 Å². The topological polar surface area (TPSA) is 40.2 Å². The van der Waals surface area contributed by atoms with E-state index in [2.05, 4.69) is 16.7 Å². The van der Waals surface area contributed by atoms with Gasteiger partial charge in [0.2, 0.25) is 0 Å². The molecule has 1 fully saturated rings. The van der Waals surface area contributed by atoms with E-state index in [0.717, 1.165) is 23.7 Å². The number of nitrogens with zero attached hydrogens (tertiary/aromatic N) is 1. The number of nitrogens with two attached hydrogens (primary N) is 1. The minimum atomic E-state index is 0.605. The molecule has 3 nitrogen and oxygen atoms in total. The highest BCUT2D eigenvalue weighted by Gasteiger charge is 2.21. The Kier molecular flexibility index (Phi) is 2.33. The number of para-hydroxylation sites is 1. The SMILES string of the molecule is Nc1cccc2ccn(COCC3CC3)c12. The Bertz CT molecular complexity index is 500. The molecule has 1 aliphatic carbocycles. The van der Waals surface area contributed by atoms with Gasteiger partial charge >= 0.3 is 0 Å². The molecule has 2 aromatic rings. The number of hydrogen-bond acceptors (Lipinski definition) is 2. The zero-order chi connectivity index (χ0) is 11.0. The number of fused-ring (bicyclic) bond motifs is 1. The average Bonchev–Trinajstić information content (AvgIpc) is 3.00. The van der Waals surface area contributed by atoms with E-state index in [9.17, 15) is 0 Å². The summed E-state index contributed by atoms with van der Waals surface area (Å²) in [4.78, 5) is 0. The largest absolute Gasteiger partial charge is 0.397 e. The molecule has 3 heteroatoms. The monoisotopic (exact) mass is 216 g/mol. The quantitative estimate of drug-likeness (QED) is 0.798. The Labute approximate surface area is 94.8 Å². The van der Waals surface area contributed by atoms with E-state index < -0.39 is 0 Å². The van der Waals surface area contributed by atoms with Crippen molar-refractivity contribution < 1.29 is 4.74 Å². The van der Waals surface area contributed by atoms with Crippen LogP contribution in [0.25, 0.3) is 10.9 Å². The molecule has 16 heavy (non-hydrogen) atoms. The van der Waals surface area contributed by atoms with Crippen molar-refractivity contribution in [1.29, 1.82) is 0 Å². The molecule has 1 saturated carbocycles. The molecular weight excluding hydrogens is 200 g/mol. The molecule has 0 atom stereocenters. The smallest absolute Gasteiger partial charge is 0.122 e. The van der Waals surface area contributed by atoms with Crippen LogP contribution in [-0.2, 0) is 11.5 Å². The Morgan fingerprint density at radius 3 is 3.00 bits per heavy atom. The number of nitrogen functional groups attached to an aromatic ring is 1. The van der Waals surface area contributed by atoms with E-state index in [-0.39, 0.29) is 0 Å². The summed E-state index contributed by atoms with van der Waals surface area (Å²) < 4.78 is 7.75. The number of rotatable bonds is 4. The summed E-state index contributed by atoms with van der Waals surface area (Å²) in [5.41, 5.74) is 7.87. The van der Waals surface area contributed by atoms with E-state index in [4.69, 9.17) is 10.5 Å². The van der Waals surface area contributed by atoms with Gasteiger partial charge in [0.05, 0.1) is 17.8 Å². The number of hydrogen-bond donors (Lipinski definition) is 1. The summed E-state index contributed by atoms with van der Waals surface area (Å²) in [6, 6.07) is 8.06. The molecule has 1 aromatic carbocycles. The van der Waals surface area contributed by atoms with Crippen LogP contribution in [-0.4, -0.2) is 11.2 Å². The number of anilines is 1. The molecule has 0 amide bonds. The Hall–Kier alpha value is -1.48. The molecular formula is C13H16N2O. The van der Waals surface area contributed by atoms with Crippen molar-refractivity contribution in [1.82, 2.24) is 4.57 Å². The Morgan fingerprint density at radius 2 is 2.19 bits per heavy atom. The van der Waals surface area contributed by atoms with Crippen molar-refractivity contribution >= 4 is 16.6 Å². The molecule has 2 N–H and O–H groups in total. The third kappa shape index (κ3) is 1.78. The first-order valence-corrected chi connectivity index (χ1v) is 5.75. The first kappa shape index (κ1) is 9.73. The van der Waals surface area contributed by atoms with Gasteiger partial charge in [-0.25, -0.2) is 0 Å². The van der Waals surface area contributed by atoms with Crippen LogP contribution in [0.2, 0.25) is 0 Å². The summed E-state index contributed by atoms with van der Waals surface area (Å²) in [6.07, 6.45) is 4.69. The maximum Gasteiger partial charge on any atom is 0.122 e. The maximum absolute atomic E-state index is 5.97. The Balaban J connectivity index is 1.79. The summed E-state index contributed by atoms with van der Waals surface area (Å²) in [6.45, 7) is 1.49. The van der Waals surface area contributed by atoms with Crippen molar-refractivity contribution in [2.75, 3.05) is 12.3 Å². The lowest BCUT2D eigenvalue weighted by Crippen LogP contribution is -2.04. The van der Waals surface area contributed by atoms with Gasteiger partial charge in [0.1, 0.15) is 6.73 Å². The van der Waals surface area contributed by atoms with Crippen LogP contribution in [0.1, 0.15) is 12.8 Å². The molecule has 3 rings (SSSR count). The van der Waals surface area contributed by atoms with Crippen molar-refractivity contribution in [3.05, 3.63) is 30.5 Å². The minimum absolute atomic E-state index is 0.605. The molecule has 0 aliphatic heterocycles. The van der Waals surface area contributed by atoms with Crippen molar-refractivity contribution in [3.63, 3.8) is 0 Å². The maximum atomic E-state index is 5.97. The molecule has 0 unspecified atom stereocenters. The first-order chi connectivity index (χ1) is 7.84. The average molecular weight is 216 g/mol. The summed E-state index contributed by atoms with van der Waals surface area (Å²) >= 11 is 0. The zero-order valence-corrected chi connectivity index (χ0v) is 9.23. The van der Waals surface area contributed by atoms with Gasteiger partial charge in [-0.1, -0.05) is 12.1 Å². The van der Waals surface area contributed by atoms with Gasteiger partial charge in [0.15, 0.2) is 0 Å². The molecule has 0 bridgehead atoms. The molecule has 0 saturated heterocycles. The third-order valence-corrected chi connectivity index (χ3v) is 3.10. The standard InChI is InChI=1S/C13H16N2O/c14-12-3-1-2-11-6-7-15(13(11)12)9-16-8-10-4-5-10/h1-3,6-7,10H,4-5,8-9,14H2. The van der Waals surface area contributed by atoms with E-state index in [1.54, 1.807) is 0 Å². The van der Waals surface area contributed by atoms with Crippen LogP contribution >= 0.6 is 0 Å². The van der Waals surface area contributed by atoms with Crippen molar-refractivity contribution in [3.8, 4) is 0 Å². The second-order valence-electron chi connectivity index (χ2n) is 4.51. The second kappa shape index (κ2) is 3.83. The van der Waals surface area contributed by atoms with Gasteiger partial charge < -0.3 is 15.0 Å². The fourth-order valence-corrected chi connectivity index (χ4v) is 2.00. The highest BCUT2D eigenvalue weighted by atomic mass is 16.5. The van der Waals surface area contributed by atoms with Crippen LogP contribution in [0.3, 0.4) is 0 Å². The number of benzene rings is 1. The van der Waals surface area contributed by atoms with E-state index in [0.29, 0.717) is 6.73 Å². The summed E-state index contributed by atoms with van der Waals surface area (Å²) in [5, 5.41) is 1.18. The highest BCUT2D eigenvalue weighted by Crippen LogP contribution is 2.29. The number of ether oxygens (including phenoxy) is 1. The second-order valence-corrected chi connectivity index (χ2v) is 4.51. The van der Waals surface area contributed by atoms with Gasteiger partial charge in [0, 0.05) is 11.6 Å². The van der Waals surface area contributed by atoms with Crippen LogP contribution in [0.5, 0.6) is 0 Å². The molecule has 0 spiro atoms. The van der Waals surface area contributed by atoms with Gasteiger partial charge in [-0.05, 0) is 30.9 Å². The predicted molar refractivity (Wildman–Crippen MR) is 65.0 cm³/mol. The normalized spacial score (nSPS) is 15.8. The zero-order valence-electron chi connectivity index (χ0n) is 9.23. The lowest BCUT2D eigenvalue weighted by atomic mass is 10.2. The first-order valence-electron chi connectivity index (χ1n) is 5.75.